The Morgan fingerprint density at radius 1 is 0.840 bits per heavy atom. The van der Waals surface area contributed by atoms with E-state index in [2.05, 4.69) is 6.92 Å². The number of ether oxygens (including phenoxy) is 2. The Kier molecular flexibility index (Phi) is 11.1. The van der Waals surface area contributed by atoms with Gasteiger partial charge in [-0.1, -0.05) is 63.3 Å². The Morgan fingerprint density at radius 2 is 1.44 bits per heavy atom. The van der Waals surface area contributed by atoms with E-state index in [9.17, 15) is 9.59 Å². The molecule has 4 heteroatoms. The lowest BCUT2D eigenvalue weighted by atomic mass is 10.1. The quantitative estimate of drug-likeness (QED) is 0.292. The van der Waals surface area contributed by atoms with Gasteiger partial charge in [0.1, 0.15) is 6.61 Å². The number of rotatable bonds is 12. The fourth-order valence-corrected chi connectivity index (χ4v) is 2.48. The van der Waals surface area contributed by atoms with Gasteiger partial charge < -0.3 is 9.47 Å². The number of benzene rings is 1. The molecule has 0 amide bonds. The second-order valence-electron chi connectivity index (χ2n) is 5.89. The first-order valence-corrected chi connectivity index (χ1v) is 9.29. The van der Waals surface area contributed by atoms with Crippen LogP contribution < -0.4 is 0 Å². The topological polar surface area (TPSA) is 52.6 Å². The number of carbonyl (C=O) groups is 2. The van der Waals surface area contributed by atoms with Crippen LogP contribution in [0.4, 0.5) is 0 Å². The number of esters is 2. The maximum atomic E-state index is 12.1. The van der Waals surface area contributed by atoms with Crippen LogP contribution in [0, 0.1) is 0 Å². The molecule has 1 aromatic carbocycles. The zero-order valence-corrected chi connectivity index (χ0v) is 15.5. The van der Waals surface area contributed by atoms with Crippen LogP contribution in [0.3, 0.4) is 0 Å². The van der Waals surface area contributed by atoms with Gasteiger partial charge >= 0.3 is 11.9 Å². The van der Waals surface area contributed by atoms with Crippen LogP contribution >= 0.6 is 0 Å². The van der Waals surface area contributed by atoms with E-state index in [1.807, 2.05) is 12.2 Å². The minimum absolute atomic E-state index is 0.214. The molecule has 0 atom stereocenters. The van der Waals surface area contributed by atoms with Crippen molar-refractivity contribution in [2.24, 2.45) is 0 Å². The summed E-state index contributed by atoms with van der Waals surface area (Å²) in [5.41, 5.74) is 0.482. The zero-order valence-electron chi connectivity index (χ0n) is 15.5. The lowest BCUT2D eigenvalue weighted by Gasteiger charge is -2.07. The van der Waals surface area contributed by atoms with Crippen LogP contribution in [0.5, 0.6) is 0 Å². The Balaban J connectivity index is 2.33. The molecular weight excluding hydrogens is 316 g/mol. The molecule has 0 spiro atoms. The van der Waals surface area contributed by atoms with Crippen LogP contribution in [0.25, 0.3) is 0 Å². The second-order valence-corrected chi connectivity index (χ2v) is 5.89. The number of allylic oxidation sites excluding steroid dienone is 1. The Morgan fingerprint density at radius 3 is 2.08 bits per heavy atom. The number of hydrogen-bond donors (Lipinski definition) is 0. The number of carbonyl (C=O) groups excluding carboxylic acids is 2. The van der Waals surface area contributed by atoms with E-state index in [0.717, 1.165) is 6.42 Å². The molecule has 25 heavy (non-hydrogen) atoms. The Labute approximate surface area is 151 Å². The van der Waals surface area contributed by atoms with Gasteiger partial charge in [0.25, 0.3) is 0 Å². The van der Waals surface area contributed by atoms with Crippen LogP contribution in [0.2, 0.25) is 0 Å². The molecule has 0 fully saturated rings. The molecule has 4 nitrogen and oxygen atoms in total. The summed E-state index contributed by atoms with van der Waals surface area (Å²) in [7, 11) is 0. The fraction of sp³-hybridized carbons (Fsp3) is 0.524. The highest BCUT2D eigenvalue weighted by molar-refractivity contribution is 6.03. The summed E-state index contributed by atoms with van der Waals surface area (Å²) in [5, 5.41) is 0. The molecule has 0 heterocycles. The third-order valence-electron chi connectivity index (χ3n) is 3.84. The van der Waals surface area contributed by atoms with E-state index in [-0.39, 0.29) is 24.3 Å². The average Bonchev–Trinajstić information content (AvgIpc) is 2.63. The first-order chi connectivity index (χ1) is 12.2. The van der Waals surface area contributed by atoms with E-state index in [1.54, 1.807) is 31.2 Å². The van der Waals surface area contributed by atoms with Crippen molar-refractivity contribution < 1.29 is 19.1 Å². The fourth-order valence-electron chi connectivity index (χ4n) is 2.48. The van der Waals surface area contributed by atoms with Crippen molar-refractivity contribution in [1.82, 2.24) is 0 Å². The monoisotopic (exact) mass is 346 g/mol. The van der Waals surface area contributed by atoms with E-state index in [1.165, 1.54) is 38.5 Å². The molecule has 1 aromatic rings. The molecule has 0 saturated heterocycles. The maximum Gasteiger partial charge on any atom is 0.339 e. The third kappa shape index (κ3) is 8.52. The average molecular weight is 346 g/mol. The summed E-state index contributed by atoms with van der Waals surface area (Å²) in [5.74, 6) is -1.01. The highest BCUT2D eigenvalue weighted by Crippen LogP contribution is 2.12. The molecule has 1 rings (SSSR count). The normalized spacial score (nSPS) is 10.8. The molecule has 0 aromatic heterocycles. The van der Waals surface area contributed by atoms with Gasteiger partial charge in [0, 0.05) is 0 Å². The molecule has 0 radical (unpaired) electrons. The molecule has 0 aliphatic rings. The summed E-state index contributed by atoms with van der Waals surface area (Å²) < 4.78 is 10.2. The number of unbranched alkanes of at least 4 members (excludes halogenated alkanes) is 6. The van der Waals surface area contributed by atoms with E-state index in [0.29, 0.717) is 0 Å². The number of hydrogen-bond acceptors (Lipinski definition) is 4. The van der Waals surface area contributed by atoms with Crippen LogP contribution in [-0.4, -0.2) is 25.2 Å². The lowest BCUT2D eigenvalue weighted by molar-refractivity contribution is 0.0489. The standard InChI is InChI=1S/C21H30O4/c1-3-5-6-7-8-9-10-11-14-17-25-21(23)19-16-13-12-15-18(19)20(22)24-4-2/h11-16H,3-10,17H2,1-2H3/b14-11+. The zero-order chi connectivity index (χ0) is 18.3. The van der Waals surface area contributed by atoms with Crippen molar-refractivity contribution >= 4 is 11.9 Å². The molecular formula is C21H30O4. The van der Waals surface area contributed by atoms with Gasteiger partial charge in [0.05, 0.1) is 17.7 Å². The smallest absolute Gasteiger partial charge is 0.339 e. The van der Waals surface area contributed by atoms with Gasteiger partial charge in [-0.2, -0.15) is 0 Å². The molecule has 138 valence electrons. The Bertz CT molecular complexity index is 549. The predicted octanol–water partition coefficient (Wildman–Crippen LogP) is 5.33. The van der Waals surface area contributed by atoms with Gasteiger partial charge in [0.2, 0.25) is 0 Å². The van der Waals surface area contributed by atoms with Crippen molar-refractivity contribution in [1.29, 1.82) is 0 Å². The summed E-state index contributed by atoms with van der Waals surface area (Å²) in [4.78, 5) is 24.0. The second kappa shape index (κ2) is 13.2. The van der Waals surface area contributed by atoms with Gasteiger partial charge in [-0.15, -0.1) is 0 Å². The minimum Gasteiger partial charge on any atom is -0.462 e. The maximum absolute atomic E-state index is 12.1. The van der Waals surface area contributed by atoms with Crippen LogP contribution in [0.1, 0.15) is 79.5 Å². The van der Waals surface area contributed by atoms with E-state index in [4.69, 9.17) is 9.47 Å². The third-order valence-corrected chi connectivity index (χ3v) is 3.84. The molecule has 0 N–H and O–H groups in total. The molecule has 0 aliphatic heterocycles. The summed E-state index contributed by atoms with van der Waals surface area (Å²) in [6.45, 7) is 4.43. The van der Waals surface area contributed by atoms with Crippen molar-refractivity contribution in [3.05, 3.63) is 47.5 Å². The van der Waals surface area contributed by atoms with Gasteiger partial charge in [-0.3, -0.25) is 0 Å². The molecule has 0 saturated carbocycles. The highest BCUT2D eigenvalue weighted by atomic mass is 16.5. The van der Waals surface area contributed by atoms with Gasteiger partial charge in [-0.05, 0) is 31.9 Å². The first kappa shape index (κ1) is 20.9. The Hall–Kier alpha value is -2.10. The SMILES string of the molecule is CCCCCCCC/C=C/COC(=O)c1ccccc1C(=O)OCC. The van der Waals surface area contributed by atoms with Crippen LogP contribution in [0.15, 0.2) is 36.4 Å². The molecule has 0 unspecified atom stereocenters. The summed E-state index contributed by atoms with van der Waals surface area (Å²) >= 11 is 0. The van der Waals surface area contributed by atoms with E-state index < -0.39 is 11.9 Å². The van der Waals surface area contributed by atoms with Crippen molar-refractivity contribution in [2.75, 3.05) is 13.2 Å². The molecule has 0 bridgehead atoms. The predicted molar refractivity (Wildman–Crippen MR) is 99.8 cm³/mol. The molecule has 0 aliphatic carbocycles. The summed E-state index contributed by atoms with van der Waals surface area (Å²) in [6, 6.07) is 6.55. The van der Waals surface area contributed by atoms with Crippen molar-refractivity contribution in [3.8, 4) is 0 Å². The lowest BCUT2D eigenvalue weighted by Crippen LogP contribution is -2.14. The van der Waals surface area contributed by atoms with Gasteiger partial charge in [0.15, 0.2) is 0 Å². The summed E-state index contributed by atoms with van der Waals surface area (Å²) in [6.07, 6.45) is 12.5. The van der Waals surface area contributed by atoms with Crippen molar-refractivity contribution in [2.45, 2.75) is 58.8 Å². The minimum atomic E-state index is -0.507. The van der Waals surface area contributed by atoms with Gasteiger partial charge in [-0.25, -0.2) is 9.59 Å². The van der Waals surface area contributed by atoms with Crippen molar-refractivity contribution in [3.63, 3.8) is 0 Å². The largest absolute Gasteiger partial charge is 0.462 e. The highest BCUT2D eigenvalue weighted by Gasteiger charge is 2.18. The van der Waals surface area contributed by atoms with E-state index >= 15 is 0 Å². The first-order valence-electron chi connectivity index (χ1n) is 9.29. The van der Waals surface area contributed by atoms with Crippen LogP contribution in [-0.2, 0) is 9.47 Å².